The van der Waals surface area contributed by atoms with Crippen LogP contribution < -0.4 is 0 Å². The van der Waals surface area contributed by atoms with Crippen LogP contribution in [0.3, 0.4) is 0 Å². The molecule has 1 aromatic heterocycles. The quantitative estimate of drug-likeness (QED) is 0.579. The van der Waals surface area contributed by atoms with E-state index in [0.717, 1.165) is 12.5 Å². The van der Waals surface area contributed by atoms with Gasteiger partial charge in [-0.05, 0) is 18.2 Å². The average Bonchev–Trinajstić information content (AvgIpc) is 2.74. The van der Waals surface area contributed by atoms with E-state index in [0.29, 0.717) is 5.52 Å². The summed E-state index contributed by atoms with van der Waals surface area (Å²) in [6.45, 7) is 0. The smallest absolute Gasteiger partial charge is 0.443 e. The van der Waals surface area contributed by atoms with E-state index in [4.69, 9.17) is 4.42 Å². The number of hydrogen-bond acceptors (Lipinski definition) is 5. The molecule has 0 aliphatic rings. The lowest BCUT2D eigenvalue weighted by molar-refractivity contribution is -0.193. The lowest BCUT2D eigenvalue weighted by atomic mass is 10.2. The number of oxazole rings is 1. The second-order valence-electron chi connectivity index (χ2n) is 3.21. The Morgan fingerprint density at radius 3 is 2.67 bits per heavy atom. The maximum atomic E-state index is 11.9. The third-order valence-electron chi connectivity index (χ3n) is 1.98. The summed E-state index contributed by atoms with van der Waals surface area (Å²) in [4.78, 5) is 25.5. The fourth-order valence-electron chi connectivity index (χ4n) is 1.18. The lowest BCUT2D eigenvalue weighted by Gasteiger charge is -2.05. The Bertz CT molecular complexity index is 617. The first-order valence-electron chi connectivity index (χ1n) is 4.54. The summed E-state index contributed by atoms with van der Waals surface area (Å²) in [5.74, 6) is -3.97. The predicted octanol–water partition coefficient (Wildman–Crippen LogP) is 2.07. The van der Waals surface area contributed by atoms with Gasteiger partial charge in [0.25, 0.3) is 0 Å². The molecular formula is C10H4F3NO4. The van der Waals surface area contributed by atoms with Crippen molar-refractivity contribution >= 4 is 23.0 Å². The van der Waals surface area contributed by atoms with Crippen LogP contribution in [0.2, 0.25) is 0 Å². The molecule has 0 fully saturated rings. The van der Waals surface area contributed by atoms with Crippen molar-refractivity contribution in [2.24, 2.45) is 0 Å². The van der Waals surface area contributed by atoms with Crippen LogP contribution >= 0.6 is 0 Å². The Morgan fingerprint density at radius 1 is 1.28 bits per heavy atom. The molecule has 0 radical (unpaired) electrons. The van der Waals surface area contributed by atoms with E-state index in [-0.39, 0.29) is 11.1 Å². The fourth-order valence-corrected chi connectivity index (χ4v) is 1.18. The van der Waals surface area contributed by atoms with Crippen molar-refractivity contribution in [2.75, 3.05) is 0 Å². The monoisotopic (exact) mass is 259 g/mol. The first-order chi connectivity index (χ1) is 8.38. The number of fused-ring (bicyclic) bond motifs is 1. The number of rotatable bonds is 1. The highest BCUT2D eigenvalue weighted by molar-refractivity contribution is 5.99. The highest BCUT2D eigenvalue weighted by Gasteiger charge is 2.42. The summed E-state index contributed by atoms with van der Waals surface area (Å²) in [7, 11) is 0. The van der Waals surface area contributed by atoms with E-state index in [1.807, 2.05) is 0 Å². The van der Waals surface area contributed by atoms with Gasteiger partial charge in [0.2, 0.25) is 0 Å². The minimum Gasteiger partial charge on any atom is -0.443 e. The molecule has 0 bridgehead atoms. The van der Waals surface area contributed by atoms with Gasteiger partial charge in [-0.3, -0.25) is 0 Å². The Balaban J connectivity index is 2.21. The third kappa shape index (κ3) is 2.31. The largest absolute Gasteiger partial charge is 0.491 e. The Hall–Kier alpha value is -2.38. The number of ether oxygens (including phenoxy) is 1. The van der Waals surface area contributed by atoms with Gasteiger partial charge in [-0.15, -0.1) is 0 Å². The number of carbonyl (C=O) groups excluding carboxylic acids is 2. The molecule has 18 heavy (non-hydrogen) atoms. The number of halogens is 3. The van der Waals surface area contributed by atoms with Crippen molar-refractivity contribution in [3.05, 3.63) is 30.2 Å². The molecule has 2 aromatic rings. The Labute approximate surface area is 97.2 Å². The minimum atomic E-state index is -5.22. The van der Waals surface area contributed by atoms with Gasteiger partial charge in [0.15, 0.2) is 12.0 Å². The van der Waals surface area contributed by atoms with Crippen molar-refractivity contribution in [2.45, 2.75) is 6.18 Å². The van der Waals surface area contributed by atoms with Crippen LogP contribution in [0.15, 0.2) is 29.0 Å². The maximum Gasteiger partial charge on any atom is 0.491 e. The molecule has 0 unspecified atom stereocenters. The van der Waals surface area contributed by atoms with E-state index in [9.17, 15) is 22.8 Å². The van der Waals surface area contributed by atoms with Gasteiger partial charge in [0, 0.05) is 0 Å². The second-order valence-corrected chi connectivity index (χ2v) is 3.21. The average molecular weight is 259 g/mol. The normalized spacial score (nSPS) is 11.5. The van der Waals surface area contributed by atoms with Crippen LogP contribution in [0.1, 0.15) is 10.4 Å². The molecular weight excluding hydrogens is 255 g/mol. The molecule has 0 spiro atoms. The number of esters is 2. The number of hydrogen-bond donors (Lipinski definition) is 0. The molecule has 5 nitrogen and oxygen atoms in total. The number of carbonyl (C=O) groups is 2. The van der Waals surface area contributed by atoms with Crippen LogP contribution in [0.25, 0.3) is 11.1 Å². The first kappa shape index (κ1) is 12.1. The summed E-state index contributed by atoms with van der Waals surface area (Å²) in [6.07, 6.45) is -4.10. The van der Waals surface area contributed by atoms with Gasteiger partial charge >= 0.3 is 18.1 Å². The zero-order chi connectivity index (χ0) is 13.3. The van der Waals surface area contributed by atoms with Gasteiger partial charge in [-0.2, -0.15) is 13.2 Å². The highest BCUT2D eigenvalue weighted by atomic mass is 19.4. The van der Waals surface area contributed by atoms with Gasteiger partial charge < -0.3 is 9.15 Å². The molecule has 0 amide bonds. The fraction of sp³-hybridized carbons (Fsp3) is 0.100. The molecule has 0 N–H and O–H groups in total. The molecule has 0 saturated carbocycles. The van der Waals surface area contributed by atoms with Gasteiger partial charge in [0.1, 0.15) is 5.52 Å². The second kappa shape index (κ2) is 4.13. The summed E-state index contributed by atoms with van der Waals surface area (Å²) < 4.78 is 44.1. The van der Waals surface area contributed by atoms with Crippen molar-refractivity contribution < 1.29 is 31.9 Å². The van der Waals surface area contributed by atoms with E-state index < -0.39 is 18.1 Å². The number of alkyl halides is 3. The van der Waals surface area contributed by atoms with Crippen LogP contribution in [0, 0.1) is 0 Å². The summed E-state index contributed by atoms with van der Waals surface area (Å²) in [5, 5.41) is 0. The zero-order valence-electron chi connectivity index (χ0n) is 8.52. The van der Waals surface area contributed by atoms with Gasteiger partial charge in [-0.1, -0.05) is 0 Å². The SMILES string of the molecule is O=C(OC(=O)C(F)(F)F)c1ccc2ncoc2c1. The molecule has 0 aliphatic carbocycles. The summed E-state index contributed by atoms with van der Waals surface area (Å²) in [5.41, 5.74) is 0.384. The molecule has 1 heterocycles. The topological polar surface area (TPSA) is 69.4 Å². The summed E-state index contributed by atoms with van der Waals surface area (Å²) >= 11 is 0. The zero-order valence-corrected chi connectivity index (χ0v) is 8.52. The summed E-state index contributed by atoms with van der Waals surface area (Å²) in [6, 6.07) is 3.67. The van der Waals surface area contributed by atoms with E-state index in [1.165, 1.54) is 12.1 Å². The molecule has 0 aliphatic heterocycles. The Morgan fingerprint density at radius 2 is 2.00 bits per heavy atom. The lowest BCUT2D eigenvalue weighted by Crippen LogP contribution is -2.28. The van der Waals surface area contributed by atoms with Crippen LogP contribution in [-0.4, -0.2) is 23.1 Å². The number of benzene rings is 1. The van der Waals surface area contributed by atoms with E-state index in [1.54, 1.807) is 0 Å². The molecule has 0 saturated heterocycles. The first-order valence-corrected chi connectivity index (χ1v) is 4.54. The van der Waals surface area contributed by atoms with E-state index >= 15 is 0 Å². The molecule has 0 atom stereocenters. The van der Waals surface area contributed by atoms with Crippen molar-refractivity contribution in [1.29, 1.82) is 0 Å². The molecule has 94 valence electrons. The van der Waals surface area contributed by atoms with E-state index in [2.05, 4.69) is 9.72 Å². The van der Waals surface area contributed by atoms with Crippen LogP contribution in [0.4, 0.5) is 13.2 Å². The van der Waals surface area contributed by atoms with Gasteiger partial charge in [0.05, 0.1) is 5.56 Å². The van der Waals surface area contributed by atoms with Crippen molar-refractivity contribution in [1.82, 2.24) is 4.98 Å². The van der Waals surface area contributed by atoms with Crippen molar-refractivity contribution in [3.63, 3.8) is 0 Å². The van der Waals surface area contributed by atoms with Crippen LogP contribution in [-0.2, 0) is 9.53 Å². The number of aromatic nitrogens is 1. The predicted molar refractivity (Wildman–Crippen MR) is 50.5 cm³/mol. The molecule has 8 heteroatoms. The molecule has 1 aromatic carbocycles. The minimum absolute atomic E-state index is 0.198. The Kier molecular flexibility index (Phi) is 2.77. The van der Waals surface area contributed by atoms with Crippen molar-refractivity contribution in [3.8, 4) is 0 Å². The number of nitrogens with zero attached hydrogens (tertiary/aromatic N) is 1. The standard InChI is InChI=1S/C10H4F3NO4/c11-10(12,13)9(16)18-8(15)5-1-2-6-7(3-5)17-4-14-6/h1-4H. The third-order valence-corrected chi connectivity index (χ3v) is 1.98. The van der Waals surface area contributed by atoms with Crippen LogP contribution in [0.5, 0.6) is 0 Å². The molecule has 2 rings (SSSR count). The van der Waals surface area contributed by atoms with Gasteiger partial charge in [-0.25, -0.2) is 14.6 Å². The highest BCUT2D eigenvalue weighted by Crippen LogP contribution is 2.19. The maximum absolute atomic E-state index is 11.9.